The molecule has 28 heavy (non-hydrogen) atoms. The van der Waals surface area contributed by atoms with Crippen molar-refractivity contribution in [2.24, 2.45) is 11.7 Å². The molecular formula is C22H26N2O4. The van der Waals surface area contributed by atoms with Gasteiger partial charge >= 0.3 is 12.1 Å². The van der Waals surface area contributed by atoms with Crippen LogP contribution in [0.25, 0.3) is 11.1 Å². The fourth-order valence-corrected chi connectivity index (χ4v) is 3.70. The van der Waals surface area contributed by atoms with Gasteiger partial charge in [0.2, 0.25) is 0 Å². The second-order valence-corrected chi connectivity index (χ2v) is 7.03. The molecule has 4 N–H and O–H groups in total. The molecule has 0 saturated carbocycles. The number of carbonyl (C=O) groups is 2. The smallest absolute Gasteiger partial charge is 0.407 e. The summed E-state index contributed by atoms with van der Waals surface area (Å²) in [7, 11) is 0. The summed E-state index contributed by atoms with van der Waals surface area (Å²) in [5, 5.41) is 11.9. The highest BCUT2D eigenvalue weighted by molar-refractivity contribution is 5.79. The maximum atomic E-state index is 12.1. The molecule has 0 saturated heterocycles. The third-order valence-corrected chi connectivity index (χ3v) is 5.19. The van der Waals surface area contributed by atoms with E-state index in [0.29, 0.717) is 13.0 Å². The Labute approximate surface area is 164 Å². The zero-order chi connectivity index (χ0) is 19.9. The van der Waals surface area contributed by atoms with Gasteiger partial charge in [0, 0.05) is 12.5 Å². The van der Waals surface area contributed by atoms with E-state index in [2.05, 4.69) is 29.6 Å². The van der Waals surface area contributed by atoms with Crippen molar-refractivity contribution in [1.29, 1.82) is 0 Å². The summed E-state index contributed by atoms with van der Waals surface area (Å²) in [4.78, 5) is 23.5. The molecule has 1 aliphatic carbocycles. The van der Waals surface area contributed by atoms with E-state index in [1.807, 2.05) is 24.3 Å². The number of nitrogens with one attached hydrogen (secondary N) is 1. The van der Waals surface area contributed by atoms with E-state index >= 15 is 0 Å². The molecule has 1 aliphatic rings. The number of fused-ring (bicyclic) bond motifs is 3. The Kier molecular flexibility index (Phi) is 6.66. The Hall–Kier alpha value is -2.86. The molecule has 0 fully saturated rings. The van der Waals surface area contributed by atoms with E-state index in [1.54, 1.807) is 0 Å². The van der Waals surface area contributed by atoms with E-state index < -0.39 is 18.0 Å². The predicted octanol–water partition coefficient (Wildman–Crippen LogP) is 3.35. The number of hydrogen-bond donors (Lipinski definition) is 3. The number of unbranched alkanes of at least 4 members (excludes halogenated alkanes) is 1. The second kappa shape index (κ2) is 9.37. The van der Waals surface area contributed by atoms with Crippen molar-refractivity contribution >= 4 is 12.1 Å². The van der Waals surface area contributed by atoms with Gasteiger partial charge < -0.3 is 20.9 Å². The fraction of sp³-hybridized carbons (Fsp3) is 0.364. The van der Waals surface area contributed by atoms with Crippen LogP contribution in [0.4, 0.5) is 4.79 Å². The van der Waals surface area contributed by atoms with Crippen LogP contribution in [0, 0.1) is 5.92 Å². The van der Waals surface area contributed by atoms with Crippen LogP contribution in [0.1, 0.15) is 36.3 Å². The number of amides is 1. The first-order chi connectivity index (χ1) is 13.6. The summed E-state index contributed by atoms with van der Waals surface area (Å²) in [6.07, 6.45) is 1.39. The largest absolute Gasteiger partial charge is 0.481 e. The van der Waals surface area contributed by atoms with Gasteiger partial charge in [-0.2, -0.15) is 0 Å². The summed E-state index contributed by atoms with van der Waals surface area (Å²) in [5.74, 6) is -1.57. The van der Waals surface area contributed by atoms with Crippen molar-refractivity contribution < 1.29 is 19.4 Å². The molecule has 0 bridgehead atoms. The number of carboxylic acids is 1. The zero-order valence-corrected chi connectivity index (χ0v) is 15.8. The van der Waals surface area contributed by atoms with Gasteiger partial charge in [-0.3, -0.25) is 4.79 Å². The number of alkyl carbamates (subject to hydrolysis) is 1. The van der Waals surface area contributed by atoms with Crippen LogP contribution < -0.4 is 11.1 Å². The van der Waals surface area contributed by atoms with Gasteiger partial charge in [-0.15, -0.1) is 0 Å². The quantitative estimate of drug-likeness (QED) is 0.577. The minimum absolute atomic E-state index is 0.0158. The number of benzene rings is 2. The van der Waals surface area contributed by atoms with Crippen LogP contribution in [0.5, 0.6) is 0 Å². The van der Waals surface area contributed by atoms with Gasteiger partial charge in [0.25, 0.3) is 0 Å². The minimum Gasteiger partial charge on any atom is -0.481 e. The highest BCUT2D eigenvalue weighted by Crippen LogP contribution is 2.44. The maximum absolute atomic E-state index is 12.1. The molecule has 6 nitrogen and oxygen atoms in total. The Morgan fingerprint density at radius 1 is 1.04 bits per heavy atom. The van der Waals surface area contributed by atoms with Crippen molar-refractivity contribution in [2.75, 3.05) is 19.7 Å². The summed E-state index contributed by atoms with van der Waals surface area (Å²) in [5.41, 5.74) is 10.1. The van der Waals surface area contributed by atoms with Gasteiger partial charge in [0.05, 0.1) is 5.92 Å². The molecule has 0 spiro atoms. The highest BCUT2D eigenvalue weighted by atomic mass is 16.5. The van der Waals surface area contributed by atoms with Crippen molar-refractivity contribution in [3.63, 3.8) is 0 Å². The van der Waals surface area contributed by atoms with Crippen LogP contribution in [-0.4, -0.2) is 36.9 Å². The van der Waals surface area contributed by atoms with Crippen LogP contribution in [0.2, 0.25) is 0 Å². The lowest BCUT2D eigenvalue weighted by Crippen LogP contribution is -2.34. The molecule has 0 aromatic heterocycles. The molecule has 0 heterocycles. The molecule has 2 aromatic rings. The topological polar surface area (TPSA) is 102 Å². The zero-order valence-electron chi connectivity index (χ0n) is 15.8. The SMILES string of the molecule is NCCCCC(CNC(=O)OCC1c2ccccc2-c2ccccc21)C(=O)O. The van der Waals surface area contributed by atoms with E-state index in [1.165, 1.54) is 0 Å². The summed E-state index contributed by atoms with van der Waals surface area (Å²) < 4.78 is 5.43. The van der Waals surface area contributed by atoms with Gasteiger partial charge in [0.1, 0.15) is 6.61 Å². The predicted molar refractivity (Wildman–Crippen MR) is 107 cm³/mol. The van der Waals surface area contributed by atoms with E-state index in [-0.39, 0.29) is 19.1 Å². The maximum Gasteiger partial charge on any atom is 0.407 e. The fourth-order valence-electron chi connectivity index (χ4n) is 3.70. The Morgan fingerprint density at radius 3 is 2.21 bits per heavy atom. The van der Waals surface area contributed by atoms with E-state index in [0.717, 1.165) is 35.1 Å². The van der Waals surface area contributed by atoms with Gasteiger partial charge in [-0.05, 0) is 41.6 Å². The van der Waals surface area contributed by atoms with Crippen molar-refractivity contribution in [3.05, 3.63) is 59.7 Å². The molecular weight excluding hydrogens is 356 g/mol. The second-order valence-electron chi connectivity index (χ2n) is 7.03. The van der Waals surface area contributed by atoms with Crippen molar-refractivity contribution in [1.82, 2.24) is 5.32 Å². The number of rotatable bonds is 9. The minimum atomic E-state index is -0.920. The molecule has 2 aromatic carbocycles. The monoisotopic (exact) mass is 382 g/mol. The summed E-state index contributed by atoms with van der Waals surface area (Å²) in [6, 6.07) is 16.2. The molecule has 6 heteroatoms. The van der Waals surface area contributed by atoms with Crippen molar-refractivity contribution in [3.8, 4) is 11.1 Å². The van der Waals surface area contributed by atoms with Gasteiger partial charge in [-0.1, -0.05) is 55.0 Å². The van der Waals surface area contributed by atoms with Crippen molar-refractivity contribution in [2.45, 2.75) is 25.2 Å². The third kappa shape index (κ3) is 4.51. The molecule has 0 radical (unpaired) electrons. The first-order valence-corrected chi connectivity index (χ1v) is 9.63. The van der Waals surface area contributed by atoms with Crippen LogP contribution in [-0.2, 0) is 9.53 Å². The Bertz CT molecular complexity index is 791. The lowest BCUT2D eigenvalue weighted by atomic mass is 9.98. The first kappa shape index (κ1) is 19.9. The number of ether oxygens (including phenoxy) is 1. The molecule has 148 valence electrons. The number of nitrogens with two attached hydrogens (primary N) is 1. The molecule has 1 unspecified atom stereocenters. The normalized spacial score (nSPS) is 13.5. The molecule has 1 amide bonds. The van der Waals surface area contributed by atoms with Crippen LogP contribution in [0.3, 0.4) is 0 Å². The standard InChI is InChI=1S/C22H26N2O4/c23-12-6-5-7-15(21(25)26)13-24-22(27)28-14-20-18-10-3-1-8-16(18)17-9-2-4-11-19(17)20/h1-4,8-11,15,20H,5-7,12-14,23H2,(H,24,27)(H,25,26). The molecule has 3 rings (SSSR count). The molecule has 1 atom stereocenters. The van der Waals surface area contributed by atoms with Gasteiger partial charge in [-0.25, -0.2) is 4.79 Å². The number of aliphatic carboxylic acids is 1. The number of hydrogen-bond acceptors (Lipinski definition) is 4. The van der Waals surface area contributed by atoms with E-state index in [9.17, 15) is 14.7 Å². The lowest BCUT2D eigenvalue weighted by molar-refractivity contribution is -0.141. The van der Waals surface area contributed by atoms with Crippen LogP contribution in [0.15, 0.2) is 48.5 Å². The average Bonchev–Trinajstić information content (AvgIpc) is 3.02. The third-order valence-electron chi connectivity index (χ3n) is 5.19. The number of carbonyl (C=O) groups excluding carboxylic acids is 1. The Morgan fingerprint density at radius 2 is 1.64 bits per heavy atom. The van der Waals surface area contributed by atoms with E-state index in [4.69, 9.17) is 10.5 Å². The average molecular weight is 382 g/mol. The lowest BCUT2D eigenvalue weighted by Gasteiger charge is -2.16. The first-order valence-electron chi connectivity index (χ1n) is 9.63. The summed E-state index contributed by atoms with van der Waals surface area (Å²) >= 11 is 0. The molecule has 0 aliphatic heterocycles. The van der Waals surface area contributed by atoms with Crippen LogP contribution >= 0.6 is 0 Å². The van der Waals surface area contributed by atoms with Gasteiger partial charge in [0.15, 0.2) is 0 Å². The summed E-state index contributed by atoms with van der Waals surface area (Å²) in [6.45, 7) is 0.799. The number of carboxylic acid groups (broad SMARTS) is 1. The Balaban J connectivity index is 1.57. The highest BCUT2D eigenvalue weighted by Gasteiger charge is 2.29.